The van der Waals surface area contributed by atoms with E-state index in [1.807, 2.05) is 30.3 Å². The summed E-state index contributed by atoms with van der Waals surface area (Å²) in [6.45, 7) is 3.69. The molecule has 1 unspecified atom stereocenters. The van der Waals surface area contributed by atoms with Crippen molar-refractivity contribution < 1.29 is 14.9 Å². The SMILES string of the molecule is C=CCC(O)(c1ccccc1)c1ccc(OC)cc1O. The number of methoxy groups -OCH3 is 1. The first-order chi connectivity index (χ1) is 9.61. The van der Waals surface area contributed by atoms with E-state index in [2.05, 4.69) is 6.58 Å². The van der Waals surface area contributed by atoms with Gasteiger partial charge in [0.25, 0.3) is 0 Å². The smallest absolute Gasteiger partial charge is 0.125 e. The van der Waals surface area contributed by atoms with Crippen LogP contribution in [0, 0.1) is 0 Å². The van der Waals surface area contributed by atoms with Crippen LogP contribution in [0.1, 0.15) is 17.5 Å². The first kappa shape index (κ1) is 14.2. The van der Waals surface area contributed by atoms with Crippen molar-refractivity contribution in [1.29, 1.82) is 0 Å². The summed E-state index contributed by atoms with van der Waals surface area (Å²) in [7, 11) is 1.53. The predicted molar refractivity (Wildman–Crippen MR) is 78.9 cm³/mol. The zero-order valence-electron chi connectivity index (χ0n) is 11.4. The van der Waals surface area contributed by atoms with Gasteiger partial charge in [0, 0.05) is 18.1 Å². The monoisotopic (exact) mass is 270 g/mol. The summed E-state index contributed by atoms with van der Waals surface area (Å²) in [5.41, 5.74) is -0.163. The molecule has 0 saturated heterocycles. The Morgan fingerprint density at radius 2 is 1.90 bits per heavy atom. The van der Waals surface area contributed by atoms with E-state index in [0.717, 1.165) is 0 Å². The molecular weight excluding hydrogens is 252 g/mol. The quantitative estimate of drug-likeness (QED) is 0.820. The Labute approximate surface area is 118 Å². The third kappa shape index (κ3) is 2.53. The van der Waals surface area contributed by atoms with Crippen LogP contribution in [0.5, 0.6) is 11.5 Å². The molecule has 2 aromatic rings. The first-order valence-electron chi connectivity index (χ1n) is 6.38. The molecule has 1 atom stereocenters. The van der Waals surface area contributed by atoms with Crippen LogP contribution in [0.15, 0.2) is 61.2 Å². The van der Waals surface area contributed by atoms with Gasteiger partial charge in [-0.1, -0.05) is 36.4 Å². The maximum atomic E-state index is 11.0. The molecule has 20 heavy (non-hydrogen) atoms. The van der Waals surface area contributed by atoms with Gasteiger partial charge in [0.05, 0.1) is 7.11 Å². The van der Waals surface area contributed by atoms with Gasteiger partial charge in [-0.2, -0.15) is 0 Å². The zero-order valence-corrected chi connectivity index (χ0v) is 11.4. The number of aromatic hydroxyl groups is 1. The molecule has 2 rings (SSSR count). The van der Waals surface area contributed by atoms with E-state index in [-0.39, 0.29) is 5.75 Å². The molecular formula is C17H18O3. The summed E-state index contributed by atoms with van der Waals surface area (Å²) in [4.78, 5) is 0. The number of benzene rings is 2. The molecule has 0 saturated carbocycles. The molecule has 0 aromatic heterocycles. The second kappa shape index (κ2) is 5.80. The highest BCUT2D eigenvalue weighted by molar-refractivity contribution is 5.48. The lowest BCUT2D eigenvalue weighted by molar-refractivity contribution is 0.0813. The molecule has 3 heteroatoms. The Morgan fingerprint density at radius 1 is 1.20 bits per heavy atom. The lowest BCUT2D eigenvalue weighted by atomic mass is 9.83. The summed E-state index contributed by atoms with van der Waals surface area (Å²) in [6, 6.07) is 14.1. The van der Waals surface area contributed by atoms with Crippen molar-refractivity contribution in [2.24, 2.45) is 0 Å². The van der Waals surface area contributed by atoms with E-state index in [0.29, 0.717) is 23.3 Å². The molecule has 0 amide bonds. The zero-order chi connectivity index (χ0) is 14.6. The number of aliphatic hydroxyl groups is 1. The van der Waals surface area contributed by atoms with E-state index in [9.17, 15) is 10.2 Å². The molecule has 0 radical (unpaired) electrons. The van der Waals surface area contributed by atoms with Crippen molar-refractivity contribution in [2.45, 2.75) is 12.0 Å². The summed E-state index contributed by atoms with van der Waals surface area (Å²) in [5.74, 6) is 0.540. The second-order valence-electron chi connectivity index (χ2n) is 4.60. The van der Waals surface area contributed by atoms with Crippen LogP contribution in [0.3, 0.4) is 0 Å². The lowest BCUT2D eigenvalue weighted by Crippen LogP contribution is -2.26. The van der Waals surface area contributed by atoms with Crippen molar-refractivity contribution in [2.75, 3.05) is 7.11 Å². The van der Waals surface area contributed by atoms with Gasteiger partial charge >= 0.3 is 0 Å². The van der Waals surface area contributed by atoms with Crippen molar-refractivity contribution in [3.63, 3.8) is 0 Å². The van der Waals surface area contributed by atoms with Gasteiger partial charge in [-0.05, 0) is 17.7 Å². The Hall–Kier alpha value is -2.26. The van der Waals surface area contributed by atoms with Gasteiger partial charge in [-0.3, -0.25) is 0 Å². The Morgan fingerprint density at radius 3 is 2.45 bits per heavy atom. The number of phenols is 1. The molecule has 2 N–H and O–H groups in total. The van der Waals surface area contributed by atoms with E-state index < -0.39 is 5.60 Å². The van der Waals surface area contributed by atoms with Gasteiger partial charge in [-0.15, -0.1) is 6.58 Å². The average molecular weight is 270 g/mol. The van der Waals surface area contributed by atoms with Crippen LogP contribution in [0.2, 0.25) is 0 Å². The summed E-state index contributed by atoms with van der Waals surface area (Å²) in [5, 5.41) is 21.2. The topological polar surface area (TPSA) is 49.7 Å². The van der Waals surface area contributed by atoms with E-state index >= 15 is 0 Å². The molecule has 104 valence electrons. The van der Waals surface area contributed by atoms with Crippen molar-refractivity contribution in [3.05, 3.63) is 72.3 Å². The Kier molecular flexibility index (Phi) is 4.11. The fraction of sp³-hybridized carbons (Fsp3) is 0.176. The Balaban J connectivity index is 2.56. The Bertz CT molecular complexity index is 592. The molecule has 0 heterocycles. The van der Waals surface area contributed by atoms with Crippen LogP contribution < -0.4 is 4.74 Å². The van der Waals surface area contributed by atoms with Crippen molar-refractivity contribution in [1.82, 2.24) is 0 Å². The fourth-order valence-electron chi connectivity index (χ4n) is 2.29. The highest BCUT2D eigenvalue weighted by Gasteiger charge is 2.32. The molecule has 0 spiro atoms. The largest absolute Gasteiger partial charge is 0.507 e. The van der Waals surface area contributed by atoms with Gasteiger partial charge in [-0.25, -0.2) is 0 Å². The summed E-state index contributed by atoms with van der Waals surface area (Å²) in [6.07, 6.45) is 1.94. The van der Waals surface area contributed by atoms with E-state index in [4.69, 9.17) is 4.74 Å². The minimum Gasteiger partial charge on any atom is -0.507 e. The number of hydrogen-bond acceptors (Lipinski definition) is 3. The third-order valence-electron chi connectivity index (χ3n) is 3.34. The van der Waals surface area contributed by atoms with Gasteiger partial charge in [0.2, 0.25) is 0 Å². The molecule has 0 aliphatic heterocycles. The van der Waals surface area contributed by atoms with Crippen LogP contribution in [0.4, 0.5) is 0 Å². The minimum absolute atomic E-state index is 0.00227. The minimum atomic E-state index is -1.31. The average Bonchev–Trinajstić information content (AvgIpc) is 2.48. The molecule has 0 aliphatic rings. The molecule has 3 nitrogen and oxygen atoms in total. The second-order valence-corrected chi connectivity index (χ2v) is 4.60. The summed E-state index contributed by atoms with van der Waals surface area (Å²) >= 11 is 0. The third-order valence-corrected chi connectivity index (χ3v) is 3.34. The fourth-order valence-corrected chi connectivity index (χ4v) is 2.29. The van der Waals surface area contributed by atoms with Crippen LogP contribution in [-0.2, 0) is 5.60 Å². The lowest BCUT2D eigenvalue weighted by Gasteiger charge is -2.29. The number of hydrogen-bond donors (Lipinski definition) is 2. The normalized spacial score (nSPS) is 13.5. The van der Waals surface area contributed by atoms with Crippen molar-refractivity contribution >= 4 is 0 Å². The van der Waals surface area contributed by atoms with E-state index in [1.165, 1.54) is 13.2 Å². The maximum absolute atomic E-state index is 11.0. The standard InChI is InChI=1S/C17H18O3/c1-3-11-17(19,13-7-5-4-6-8-13)15-10-9-14(20-2)12-16(15)18/h3-10,12,18-19H,1,11H2,2H3. The van der Waals surface area contributed by atoms with Crippen molar-refractivity contribution in [3.8, 4) is 11.5 Å². The highest BCUT2D eigenvalue weighted by atomic mass is 16.5. The van der Waals surface area contributed by atoms with Gasteiger partial charge in [0.1, 0.15) is 17.1 Å². The maximum Gasteiger partial charge on any atom is 0.125 e. The molecule has 0 fully saturated rings. The number of phenolic OH excluding ortho intramolecular Hbond substituents is 1. The van der Waals surface area contributed by atoms with E-state index in [1.54, 1.807) is 18.2 Å². The summed E-state index contributed by atoms with van der Waals surface area (Å²) < 4.78 is 5.07. The molecule has 2 aromatic carbocycles. The molecule has 0 aliphatic carbocycles. The van der Waals surface area contributed by atoms with Gasteiger partial charge in [0.15, 0.2) is 0 Å². The molecule has 0 bridgehead atoms. The number of rotatable bonds is 5. The number of ether oxygens (including phenoxy) is 1. The predicted octanol–water partition coefficient (Wildman–Crippen LogP) is 3.21. The van der Waals surface area contributed by atoms with Crippen LogP contribution in [-0.4, -0.2) is 17.3 Å². The first-order valence-corrected chi connectivity index (χ1v) is 6.38. The highest BCUT2D eigenvalue weighted by Crippen LogP contribution is 2.39. The van der Waals surface area contributed by atoms with Gasteiger partial charge < -0.3 is 14.9 Å². The van der Waals surface area contributed by atoms with Crippen LogP contribution >= 0.6 is 0 Å². The van der Waals surface area contributed by atoms with Crippen LogP contribution in [0.25, 0.3) is 0 Å².